The lowest BCUT2D eigenvalue weighted by atomic mass is 10.0. The molecule has 0 atom stereocenters. The van der Waals surface area contributed by atoms with Crippen LogP contribution in [0.5, 0.6) is 0 Å². The Morgan fingerprint density at radius 1 is 1.38 bits per heavy atom. The maximum Gasteiger partial charge on any atom is 0.129 e. The summed E-state index contributed by atoms with van der Waals surface area (Å²) >= 11 is 0. The minimum absolute atomic E-state index is 0.712. The second kappa shape index (κ2) is 4.00. The van der Waals surface area contributed by atoms with E-state index in [0.29, 0.717) is 5.82 Å². The van der Waals surface area contributed by atoms with Crippen LogP contribution in [0.15, 0.2) is 24.4 Å². The van der Waals surface area contributed by atoms with Gasteiger partial charge in [0.25, 0.3) is 0 Å². The SMILES string of the molecule is CCc1ccc(-c2cnn(C)c2N)cc1C. The summed E-state index contributed by atoms with van der Waals surface area (Å²) < 4.78 is 1.69. The van der Waals surface area contributed by atoms with Crippen molar-refractivity contribution in [2.75, 3.05) is 5.73 Å². The highest BCUT2D eigenvalue weighted by molar-refractivity contribution is 5.74. The monoisotopic (exact) mass is 215 g/mol. The molecule has 0 aliphatic heterocycles. The van der Waals surface area contributed by atoms with Crippen molar-refractivity contribution < 1.29 is 0 Å². The number of benzene rings is 1. The van der Waals surface area contributed by atoms with E-state index in [1.807, 2.05) is 13.2 Å². The number of nitrogens with zero attached hydrogens (tertiary/aromatic N) is 2. The fraction of sp³-hybridized carbons (Fsp3) is 0.308. The fourth-order valence-corrected chi connectivity index (χ4v) is 1.93. The van der Waals surface area contributed by atoms with Gasteiger partial charge < -0.3 is 5.73 Å². The molecule has 2 aromatic rings. The average Bonchev–Trinajstić information content (AvgIpc) is 2.60. The fourth-order valence-electron chi connectivity index (χ4n) is 1.93. The smallest absolute Gasteiger partial charge is 0.129 e. The van der Waals surface area contributed by atoms with Gasteiger partial charge in [-0.2, -0.15) is 5.10 Å². The molecule has 1 heterocycles. The Morgan fingerprint density at radius 3 is 2.62 bits per heavy atom. The van der Waals surface area contributed by atoms with E-state index in [0.717, 1.165) is 17.5 Å². The van der Waals surface area contributed by atoms with Crippen molar-refractivity contribution >= 4 is 5.82 Å². The van der Waals surface area contributed by atoms with Crippen molar-refractivity contribution in [3.63, 3.8) is 0 Å². The van der Waals surface area contributed by atoms with E-state index in [9.17, 15) is 0 Å². The van der Waals surface area contributed by atoms with Gasteiger partial charge in [-0.15, -0.1) is 0 Å². The third kappa shape index (κ3) is 1.69. The third-order valence-corrected chi connectivity index (χ3v) is 3.02. The number of rotatable bonds is 2. The lowest BCUT2D eigenvalue weighted by Gasteiger charge is -2.06. The molecule has 0 aliphatic carbocycles. The third-order valence-electron chi connectivity index (χ3n) is 3.02. The summed E-state index contributed by atoms with van der Waals surface area (Å²) in [5.41, 5.74) is 10.8. The Morgan fingerprint density at radius 2 is 2.12 bits per heavy atom. The quantitative estimate of drug-likeness (QED) is 0.836. The Balaban J connectivity index is 2.49. The minimum Gasteiger partial charge on any atom is -0.383 e. The molecule has 0 bridgehead atoms. The molecule has 3 nitrogen and oxygen atoms in total. The van der Waals surface area contributed by atoms with Gasteiger partial charge in [-0.3, -0.25) is 4.68 Å². The largest absolute Gasteiger partial charge is 0.383 e. The molecule has 1 aromatic carbocycles. The predicted octanol–water partition coefficient (Wildman–Crippen LogP) is 2.54. The van der Waals surface area contributed by atoms with Gasteiger partial charge in [0.2, 0.25) is 0 Å². The molecule has 2 N–H and O–H groups in total. The summed E-state index contributed by atoms with van der Waals surface area (Å²) in [7, 11) is 1.85. The molecule has 0 saturated carbocycles. The lowest BCUT2D eigenvalue weighted by molar-refractivity contribution is 0.779. The highest BCUT2D eigenvalue weighted by Gasteiger charge is 2.08. The summed E-state index contributed by atoms with van der Waals surface area (Å²) in [6.07, 6.45) is 2.88. The molecule has 0 radical (unpaired) electrons. The highest BCUT2D eigenvalue weighted by Crippen LogP contribution is 2.26. The van der Waals surface area contributed by atoms with Gasteiger partial charge in [0.1, 0.15) is 5.82 Å². The van der Waals surface area contributed by atoms with Crippen LogP contribution in [0, 0.1) is 6.92 Å². The van der Waals surface area contributed by atoms with E-state index in [2.05, 4.69) is 37.1 Å². The summed E-state index contributed by atoms with van der Waals surface area (Å²) in [6.45, 7) is 4.30. The van der Waals surface area contributed by atoms with Crippen LogP contribution in [0.25, 0.3) is 11.1 Å². The normalized spacial score (nSPS) is 10.7. The molecular formula is C13H17N3. The molecule has 16 heavy (non-hydrogen) atoms. The van der Waals surface area contributed by atoms with E-state index < -0.39 is 0 Å². The number of aryl methyl sites for hydroxylation is 3. The van der Waals surface area contributed by atoms with E-state index in [-0.39, 0.29) is 0 Å². The number of hydrogen-bond acceptors (Lipinski definition) is 2. The van der Waals surface area contributed by atoms with Crippen molar-refractivity contribution in [3.8, 4) is 11.1 Å². The first-order valence-corrected chi connectivity index (χ1v) is 5.51. The predicted molar refractivity (Wildman–Crippen MR) is 67.2 cm³/mol. The Hall–Kier alpha value is -1.77. The Bertz CT molecular complexity index is 512. The van der Waals surface area contributed by atoms with Crippen LogP contribution in [0.4, 0.5) is 5.82 Å². The van der Waals surface area contributed by atoms with Crippen molar-refractivity contribution in [2.24, 2.45) is 7.05 Å². The van der Waals surface area contributed by atoms with Crippen molar-refractivity contribution in [1.29, 1.82) is 0 Å². The van der Waals surface area contributed by atoms with E-state index in [4.69, 9.17) is 5.73 Å². The highest BCUT2D eigenvalue weighted by atomic mass is 15.3. The van der Waals surface area contributed by atoms with Crippen molar-refractivity contribution in [2.45, 2.75) is 20.3 Å². The standard InChI is InChI=1S/C13H17N3/c1-4-10-5-6-11(7-9(10)2)12-8-15-16(3)13(12)14/h5-8H,4,14H2,1-3H3. The van der Waals surface area contributed by atoms with Crippen LogP contribution in [-0.4, -0.2) is 9.78 Å². The molecule has 1 aromatic heterocycles. The zero-order chi connectivity index (χ0) is 11.7. The first-order chi connectivity index (χ1) is 7.63. The maximum absolute atomic E-state index is 5.96. The van der Waals surface area contributed by atoms with E-state index >= 15 is 0 Å². The van der Waals surface area contributed by atoms with Crippen LogP contribution in [-0.2, 0) is 13.5 Å². The Kier molecular flexibility index (Phi) is 2.69. The van der Waals surface area contributed by atoms with Crippen LogP contribution in [0.2, 0.25) is 0 Å². The van der Waals surface area contributed by atoms with Gasteiger partial charge in [-0.1, -0.05) is 25.1 Å². The topological polar surface area (TPSA) is 43.8 Å². The molecule has 0 unspecified atom stereocenters. The first kappa shape index (κ1) is 10.7. The van der Waals surface area contributed by atoms with Crippen LogP contribution >= 0.6 is 0 Å². The molecular weight excluding hydrogens is 198 g/mol. The molecule has 0 fully saturated rings. The minimum atomic E-state index is 0.712. The molecule has 0 saturated heterocycles. The van der Waals surface area contributed by atoms with Crippen LogP contribution < -0.4 is 5.73 Å². The van der Waals surface area contributed by atoms with Gasteiger partial charge in [0, 0.05) is 12.6 Å². The second-order valence-electron chi connectivity index (χ2n) is 4.06. The number of aromatic nitrogens is 2. The molecule has 3 heteroatoms. The summed E-state index contributed by atoms with van der Waals surface area (Å²) in [5, 5.41) is 4.16. The van der Waals surface area contributed by atoms with Gasteiger partial charge in [-0.05, 0) is 30.0 Å². The average molecular weight is 215 g/mol. The van der Waals surface area contributed by atoms with Crippen molar-refractivity contribution in [1.82, 2.24) is 9.78 Å². The lowest BCUT2D eigenvalue weighted by Crippen LogP contribution is -1.98. The summed E-state index contributed by atoms with van der Waals surface area (Å²) in [4.78, 5) is 0. The van der Waals surface area contributed by atoms with E-state index in [1.54, 1.807) is 4.68 Å². The number of nitrogen functional groups attached to an aromatic ring is 1. The van der Waals surface area contributed by atoms with Crippen LogP contribution in [0.1, 0.15) is 18.1 Å². The van der Waals surface area contributed by atoms with Gasteiger partial charge in [-0.25, -0.2) is 0 Å². The Labute approximate surface area is 95.9 Å². The number of nitrogens with two attached hydrogens (primary N) is 1. The van der Waals surface area contributed by atoms with Gasteiger partial charge >= 0.3 is 0 Å². The molecule has 0 amide bonds. The molecule has 84 valence electrons. The summed E-state index contributed by atoms with van der Waals surface area (Å²) in [6, 6.07) is 6.45. The molecule has 0 aliphatic rings. The summed E-state index contributed by atoms with van der Waals surface area (Å²) in [5.74, 6) is 0.712. The van der Waals surface area contributed by atoms with Crippen LogP contribution in [0.3, 0.4) is 0 Å². The molecule has 0 spiro atoms. The second-order valence-corrected chi connectivity index (χ2v) is 4.06. The van der Waals surface area contributed by atoms with Crippen molar-refractivity contribution in [3.05, 3.63) is 35.5 Å². The number of anilines is 1. The van der Waals surface area contributed by atoms with Gasteiger partial charge in [0.15, 0.2) is 0 Å². The molecule has 2 rings (SSSR count). The van der Waals surface area contributed by atoms with E-state index in [1.165, 1.54) is 11.1 Å². The first-order valence-electron chi connectivity index (χ1n) is 5.51. The maximum atomic E-state index is 5.96. The zero-order valence-electron chi connectivity index (χ0n) is 9.99. The van der Waals surface area contributed by atoms with Gasteiger partial charge in [0.05, 0.1) is 6.20 Å². The number of hydrogen-bond donors (Lipinski definition) is 1. The zero-order valence-corrected chi connectivity index (χ0v) is 9.99.